The monoisotopic (exact) mass is 560 g/mol. The standard InChI is InChI=1S/C34H48N4O3/c1-5-6-7-8-19-36-34(39)38-23-28-15-16-29(24-38)33(28)37(2)20-9-10-30(26-13-11-25(22-35)12-14-26)27-17-18-31(40-3)32(21-27)41-4/h11-14,17-18,21,28-30,33H,5-10,15-16,19-20,23-24H2,1-4H3,(H,36,39). The number of carbonyl (C=O) groups is 1. The Hall–Kier alpha value is -3.24. The zero-order valence-corrected chi connectivity index (χ0v) is 25.4. The quantitative estimate of drug-likeness (QED) is 0.270. The molecule has 4 rings (SSSR count). The van der Waals surface area contributed by atoms with Gasteiger partial charge in [-0.25, -0.2) is 4.79 Å². The lowest BCUT2D eigenvalue weighted by atomic mass is 9.86. The van der Waals surface area contributed by atoms with Crippen LogP contribution in [0.1, 0.15) is 80.9 Å². The minimum absolute atomic E-state index is 0.125. The van der Waals surface area contributed by atoms with Crippen LogP contribution in [0.4, 0.5) is 4.79 Å². The molecule has 0 radical (unpaired) electrons. The molecule has 7 heteroatoms. The van der Waals surface area contributed by atoms with E-state index in [-0.39, 0.29) is 11.9 Å². The van der Waals surface area contributed by atoms with Gasteiger partial charge in [0.25, 0.3) is 0 Å². The largest absolute Gasteiger partial charge is 0.493 e. The number of hydrogen-bond acceptors (Lipinski definition) is 5. The summed E-state index contributed by atoms with van der Waals surface area (Å²) >= 11 is 0. The van der Waals surface area contributed by atoms with Crippen LogP contribution < -0.4 is 14.8 Å². The van der Waals surface area contributed by atoms with E-state index in [4.69, 9.17) is 9.47 Å². The topological polar surface area (TPSA) is 77.8 Å². The van der Waals surface area contributed by atoms with Gasteiger partial charge in [-0.3, -0.25) is 0 Å². The number of methoxy groups -OCH3 is 2. The van der Waals surface area contributed by atoms with E-state index < -0.39 is 0 Å². The van der Waals surface area contributed by atoms with Crippen LogP contribution in [0.3, 0.4) is 0 Å². The predicted octanol–water partition coefficient (Wildman–Crippen LogP) is 6.42. The van der Waals surface area contributed by atoms with Crippen LogP contribution in [0, 0.1) is 23.2 Å². The van der Waals surface area contributed by atoms with Crippen molar-refractivity contribution in [3.05, 3.63) is 59.2 Å². The lowest BCUT2D eigenvalue weighted by Gasteiger charge is -2.42. The number of likely N-dealkylation sites (tertiary alicyclic amines) is 1. The smallest absolute Gasteiger partial charge is 0.317 e. The molecule has 2 fully saturated rings. The third-order valence-electron chi connectivity index (χ3n) is 9.14. The van der Waals surface area contributed by atoms with E-state index in [1.54, 1.807) is 14.2 Å². The molecule has 1 aliphatic heterocycles. The number of unbranched alkanes of at least 4 members (excludes halogenated alkanes) is 3. The Morgan fingerprint density at radius 1 is 1.00 bits per heavy atom. The Morgan fingerprint density at radius 3 is 2.32 bits per heavy atom. The number of piperidine rings is 1. The first kappa shape index (κ1) is 30.7. The van der Waals surface area contributed by atoms with Crippen LogP contribution in [0.15, 0.2) is 42.5 Å². The zero-order chi connectivity index (χ0) is 29.2. The summed E-state index contributed by atoms with van der Waals surface area (Å²) in [5.74, 6) is 2.74. The Labute approximate surface area is 246 Å². The minimum atomic E-state index is 0.125. The molecule has 3 atom stereocenters. The second-order valence-corrected chi connectivity index (χ2v) is 11.8. The lowest BCUT2D eigenvalue weighted by molar-refractivity contribution is 0.0752. The van der Waals surface area contributed by atoms with Gasteiger partial charge in [0.05, 0.1) is 25.9 Å². The highest BCUT2D eigenvalue weighted by molar-refractivity contribution is 5.74. The molecule has 1 saturated heterocycles. The number of nitrogens with zero attached hydrogens (tertiary/aromatic N) is 3. The number of benzene rings is 2. The van der Waals surface area contributed by atoms with Gasteiger partial charge in [0.2, 0.25) is 0 Å². The fourth-order valence-corrected chi connectivity index (χ4v) is 7.02. The second-order valence-electron chi connectivity index (χ2n) is 11.8. The number of amides is 2. The van der Waals surface area contributed by atoms with Gasteiger partial charge >= 0.3 is 6.03 Å². The number of hydrogen-bond donors (Lipinski definition) is 1. The number of carbonyl (C=O) groups excluding carboxylic acids is 1. The van der Waals surface area contributed by atoms with Gasteiger partial charge in [-0.05, 0) is 92.9 Å². The van der Waals surface area contributed by atoms with E-state index in [9.17, 15) is 10.1 Å². The van der Waals surface area contributed by atoms with Crippen molar-refractivity contribution in [1.82, 2.24) is 15.1 Å². The molecule has 41 heavy (non-hydrogen) atoms. The molecule has 7 nitrogen and oxygen atoms in total. The molecular weight excluding hydrogens is 512 g/mol. The summed E-state index contributed by atoms with van der Waals surface area (Å²) in [5.41, 5.74) is 3.06. The van der Waals surface area contributed by atoms with E-state index in [0.717, 1.165) is 56.9 Å². The summed E-state index contributed by atoms with van der Waals surface area (Å²) in [5, 5.41) is 12.4. The van der Waals surface area contributed by atoms with Crippen molar-refractivity contribution < 1.29 is 14.3 Å². The first-order valence-electron chi connectivity index (χ1n) is 15.4. The summed E-state index contributed by atoms with van der Waals surface area (Å²) in [6.45, 7) is 5.75. The van der Waals surface area contributed by atoms with E-state index in [0.29, 0.717) is 23.4 Å². The third-order valence-corrected chi connectivity index (χ3v) is 9.14. The van der Waals surface area contributed by atoms with Crippen LogP contribution >= 0.6 is 0 Å². The van der Waals surface area contributed by atoms with Crippen molar-refractivity contribution >= 4 is 6.03 Å². The van der Waals surface area contributed by atoms with Crippen LogP contribution in [0.5, 0.6) is 11.5 Å². The highest BCUT2D eigenvalue weighted by Crippen LogP contribution is 2.40. The fourth-order valence-electron chi connectivity index (χ4n) is 7.02. The highest BCUT2D eigenvalue weighted by Gasteiger charge is 2.44. The van der Waals surface area contributed by atoms with Gasteiger partial charge in [-0.1, -0.05) is 44.4 Å². The van der Waals surface area contributed by atoms with Crippen molar-refractivity contribution in [3.8, 4) is 17.6 Å². The van der Waals surface area contributed by atoms with Gasteiger partial charge in [0, 0.05) is 31.6 Å². The van der Waals surface area contributed by atoms with Crippen LogP contribution in [0.2, 0.25) is 0 Å². The van der Waals surface area contributed by atoms with E-state index in [1.165, 1.54) is 43.2 Å². The molecule has 2 bridgehead atoms. The average molecular weight is 561 g/mol. The second kappa shape index (κ2) is 15.1. The first-order valence-corrected chi connectivity index (χ1v) is 15.4. The minimum Gasteiger partial charge on any atom is -0.493 e. The Kier molecular flexibility index (Phi) is 11.3. The van der Waals surface area contributed by atoms with Crippen molar-refractivity contribution in [2.24, 2.45) is 11.8 Å². The molecule has 0 spiro atoms. The van der Waals surface area contributed by atoms with E-state index in [1.807, 2.05) is 18.2 Å². The summed E-state index contributed by atoms with van der Waals surface area (Å²) < 4.78 is 11.1. The molecule has 2 aromatic rings. The molecular formula is C34H48N4O3. The molecule has 2 aliphatic rings. The Morgan fingerprint density at radius 2 is 1.68 bits per heavy atom. The SMILES string of the molecule is CCCCCCNC(=O)N1CC2CCC(C1)C2N(C)CCCC(c1ccc(C#N)cc1)c1ccc(OC)c(OC)c1. The third kappa shape index (κ3) is 7.74. The number of nitriles is 1. The number of fused-ring (bicyclic) bond motifs is 2. The molecule has 2 amide bonds. The van der Waals surface area contributed by atoms with E-state index >= 15 is 0 Å². The number of ether oxygens (including phenoxy) is 2. The average Bonchev–Trinajstić information content (AvgIpc) is 3.27. The summed E-state index contributed by atoms with van der Waals surface area (Å²) in [6, 6.07) is 17.0. The summed E-state index contributed by atoms with van der Waals surface area (Å²) in [6.07, 6.45) is 9.16. The number of rotatable bonds is 14. The normalized spacial score (nSPS) is 20.5. The first-order chi connectivity index (χ1) is 20.0. The maximum atomic E-state index is 12.8. The highest BCUT2D eigenvalue weighted by atomic mass is 16.5. The molecule has 1 aliphatic carbocycles. The fraction of sp³-hybridized carbons (Fsp3) is 0.588. The van der Waals surface area contributed by atoms with Crippen LogP contribution in [-0.4, -0.2) is 69.3 Å². The van der Waals surface area contributed by atoms with Gasteiger partial charge < -0.3 is 24.6 Å². The molecule has 2 aromatic carbocycles. The van der Waals surface area contributed by atoms with Crippen molar-refractivity contribution in [3.63, 3.8) is 0 Å². The molecule has 1 heterocycles. The molecule has 3 unspecified atom stereocenters. The maximum absolute atomic E-state index is 12.8. The number of nitrogens with one attached hydrogen (secondary N) is 1. The summed E-state index contributed by atoms with van der Waals surface area (Å²) in [7, 11) is 5.60. The van der Waals surface area contributed by atoms with Gasteiger partial charge in [0.15, 0.2) is 11.5 Å². The van der Waals surface area contributed by atoms with Crippen molar-refractivity contribution in [1.29, 1.82) is 5.26 Å². The summed E-state index contributed by atoms with van der Waals surface area (Å²) in [4.78, 5) is 17.5. The van der Waals surface area contributed by atoms with Gasteiger partial charge in [-0.15, -0.1) is 0 Å². The Balaban J connectivity index is 1.36. The maximum Gasteiger partial charge on any atom is 0.317 e. The van der Waals surface area contributed by atoms with Gasteiger partial charge in [0.1, 0.15) is 0 Å². The van der Waals surface area contributed by atoms with Crippen molar-refractivity contribution in [2.45, 2.75) is 70.3 Å². The molecule has 222 valence electrons. The van der Waals surface area contributed by atoms with Gasteiger partial charge in [-0.2, -0.15) is 5.26 Å². The lowest BCUT2D eigenvalue weighted by Crippen LogP contribution is -2.55. The number of urea groups is 1. The predicted molar refractivity (Wildman–Crippen MR) is 164 cm³/mol. The van der Waals surface area contributed by atoms with Crippen LogP contribution in [0.25, 0.3) is 0 Å². The Bertz CT molecular complexity index is 1150. The molecule has 0 aromatic heterocycles. The molecule has 1 N–H and O–H groups in total. The van der Waals surface area contributed by atoms with E-state index in [2.05, 4.69) is 59.4 Å². The van der Waals surface area contributed by atoms with Crippen LogP contribution in [-0.2, 0) is 0 Å². The molecule has 1 saturated carbocycles. The zero-order valence-electron chi connectivity index (χ0n) is 25.4. The van der Waals surface area contributed by atoms with Crippen molar-refractivity contribution in [2.75, 3.05) is 47.4 Å².